The third-order valence-corrected chi connectivity index (χ3v) is 11.7. The lowest BCUT2D eigenvalue weighted by atomic mass is 10.0. The predicted molar refractivity (Wildman–Crippen MR) is 235 cm³/mol. The highest BCUT2D eigenvalue weighted by Crippen LogP contribution is 2.43. The van der Waals surface area contributed by atoms with E-state index in [0.29, 0.717) is 12.8 Å². The molecule has 0 heterocycles. The molecule has 58 heavy (non-hydrogen) atoms. The highest BCUT2D eigenvalue weighted by molar-refractivity contribution is 7.47. The summed E-state index contributed by atoms with van der Waals surface area (Å²) in [5.74, 6) is -1.92. The monoisotopic (exact) mass is 846 g/mol. The first-order chi connectivity index (χ1) is 28.1. The summed E-state index contributed by atoms with van der Waals surface area (Å²) in [5, 5.41) is 11.2. The zero-order valence-electron chi connectivity index (χ0n) is 37.3. The molecule has 0 aliphatic carbocycles. The van der Waals surface area contributed by atoms with Crippen molar-refractivity contribution in [2.24, 2.45) is 0 Å². The van der Waals surface area contributed by atoms with Crippen molar-refractivity contribution in [3.8, 4) is 0 Å². The Kier molecular flexibility index (Phi) is 40.6. The Morgan fingerprint density at radius 3 is 1.33 bits per heavy atom. The molecule has 0 radical (unpaired) electrons. The Labute approximate surface area is 354 Å². The second-order valence-corrected chi connectivity index (χ2v) is 17.9. The first-order valence-corrected chi connectivity index (χ1v) is 25.4. The smallest absolute Gasteiger partial charge is 0.472 e. The van der Waals surface area contributed by atoms with Crippen LogP contribution in [0.2, 0.25) is 0 Å². The van der Waals surface area contributed by atoms with Gasteiger partial charge >= 0.3 is 19.8 Å². The zero-order chi connectivity index (χ0) is 42.8. The average molecular weight is 846 g/mol. The topological polar surface area (TPSA) is 166 Å². The van der Waals surface area contributed by atoms with Gasteiger partial charge in [0.25, 0.3) is 0 Å². The van der Waals surface area contributed by atoms with Gasteiger partial charge in [-0.2, -0.15) is 0 Å². The lowest BCUT2D eigenvalue weighted by molar-refractivity contribution is -0.152. The van der Waals surface area contributed by atoms with Crippen LogP contribution in [-0.4, -0.2) is 59.5 Å². The highest BCUT2D eigenvalue weighted by atomic mass is 31.2. The van der Waals surface area contributed by atoms with Crippen molar-refractivity contribution in [1.29, 1.82) is 0 Å². The molecule has 0 saturated heterocycles. The van der Waals surface area contributed by atoms with Crippen LogP contribution in [-0.2, 0) is 37.5 Å². The number of aliphatic carboxylic acids is 1. The van der Waals surface area contributed by atoms with E-state index in [-0.39, 0.29) is 51.0 Å². The number of carbonyl (C=O) groups excluding carboxylic acids is 3. The van der Waals surface area contributed by atoms with E-state index in [2.05, 4.69) is 19.2 Å². The summed E-state index contributed by atoms with van der Waals surface area (Å²) in [6, 6.07) is 0. The maximum atomic E-state index is 12.9. The molecule has 0 aromatic heterocycles. The summed E-state index contributed by atoms with van der Waals surface area (Å²) < 4.78 is 28.2. The lowest BCUT2D eigenvalue weighted by Crippen LogP contribution is -2.28. The number of carboxylic acid groups (broad SMARTS) is 1. The average Bonchev–Trinajstić information content (AvgIpc) is 3.18. The van der Waals surface area contributed by atoms with Crippen LogP contribution in [0.3, 0.4) is 0 Å². The minimum absolute atomic E-state index is 0.0134. The molecule has 0 aliphatic rings. The number of hydrogen-bond acceptors (Lipinski definition) is 8. The maximum Gasteiger partial charge on any atom is 0.472 e. The molecule has 0 aromatic carbocycles. The van der Waals surface area contributed by atoms with E-state index in [4.69, 9.17) is 18.9 Å². The summed E-state index contributed by atoms with van der Waals surface area (Å²) >= 11 is 0. The van der Waals surface area contributed by atoms with Crippen molar-refractivity contribution in [3.63, 3.8) is 0 Å². The van der Waals surface area contributed by atoms with Crippen LogP contribution in [0.15, 0.2) is 0 Å². The van der Waals surface area contributed by atoms with Gasteiger partial charge in [-0.05, 0) is 19.3 Å². The number of esters is 1. The van der Waals surface area contributed by atoms with Gasteiger partial charge in [-0.25, -0.2) is 4.57 Å². The maximum absolute atomic E-state index is 12.9. The summed E-state index contributed by atoms with van der Waals surface area (Å²) in [6.07, 6.45) is 36.4. The number of nitrogens with one attached hydrogen (secondary N) is 1. The van der Waals surface area contributed by atoms with Gasteiger partial charge in [0.2, 0.25) is 5.91 Å². The lowest BCUT2D eigenvalue weighted by Gasteiger charge is -2.19. The largest absolute Gasteiger partial charge is 0.481 e. The number of amides is 1. The van der Waals surface area contributed by atoms with Gasteiger partial charge in [0, 0.05) is 38.6 Å². The summed E-state index contributed by atoms with van der Waals surface area (Å²) in [6.45, 7) is 3.64. The standard InChI is InChI=1S/C46H88NO10P/c1-3-5-7-9-11-13-15-17-19-21-23-25-27-29-31-34-42(48)40-43(41-56-58(53,54)55-39-38-47-44(49)35-33-36-45(50)51)57-46(52)37-32-30-28-26-24-22-20-18-16-14-12-10-8-6-4-2/h43H,3-41H2,1-2H3,(H,47,49)(H,50,51)(H,53,54). The number of unbranched alkanes of at least 4 members (excludes halogenated alkanes) is 28. The minimum atomic E-state index is -4.57. The fourth-order valence-corrected chi connectivity index (χ4v) is 7.88. The van der Waals surface area contributed by atoms with E-state index in [1.165, 1.54) is 148 Å². The van der Waals surface area contributed by atoms with Gasteiger partial charge in [-0.3, -0.25) is 28.2 Å². The summed E-state index contributed by atoms with van der Waals surface area (Å²) in [4.78, 5) is 58.3. The van der Waals surface area contributed by atoms with Crippen LogP contribution in [0.4, 0.5) is 0 Å². The molecule has 0 aliphatic heterocycles. The van der Waals surface area contributed by atoms with Crippen LogP contribution in [0, 0.1) is 0 Å². The van der Waals surface area contributed by atoms with Crippen molar-refractivity contribution in [1.82, 2.24) is 5.32 Å². The normalized spacial score (nSPS) is 12.9. The molecule has 2 unspecified atom stereocenters. The molecule has 2 atom stereocenters. The number of ether oxygens (including phenoxy) is 1. The van der Waals surface area contributed by atoms with Crippen molar-refractivity contribution in [2.75, 3.05) is 19.8 Å². The van der Waals surface area contributed by atoms with Crippen LogP contribution >= 0.6 is 7.82 Å². The number of Topliss-reactive ketones (excluding diaryl/α,β-unsaturated/α-hetero) is 1. The van der Waals surface area contributed by atoms with E-state index in [1.807, 2.05) is 0 Å². The SMILES string of the molecule is CCCCCCCCCCCCCCCCCC(=O)CC(COP(=O)(O)OCCNC(=O)CCCC(=O)O)OC(=O)CCCCCCCCCCCCCCCCC. The molecule has 0 rings (SSSR count). The first kappa shape index (κ1) is 56.2. The van der Waals surface area contributed by atoms with Crippen molar-refractivity contribution in [2.45, 2.75) is 251 Å². The predicted octanol–water partition coefficient (Wildman–Crippen LogP) is 12.9. The number of carboxylic acids is 1. The zero-order valence-corrected chi connectivity index (χ0v) is 38.2. The number of phosphoric acid groups is 1. The third kappa shape index (κ3) is 42.3. The van der Waals surface area contributed by atoms with E-state index in [0.717, 1.165) is 38.5 Å². The Balaban J connectivity index is 4.48. The number of ketones is 1. The Hall–Kier alpha value is -1.81. The van der Waals surface area contributed by atoms with Crippen LogP contribution in [0.25, 0.3) is 0 Å². The molecule has 0 aromatic rings. The van der Waals surface area contributed by atoms with Crippen molar-refractivity contribution in [3.05, 3.63) is 0 Å². The van der Waals surface area contributed by atoms with Gasteiger partial charge in [0.05, 0.1) is 13.2 Å². The molecular weight excluding hydrogens is 757 g/mol. The van der Waals surface area contributed by atoms with Crippen molar-refractivity contribution < 1.29 is 47.5 Å². The molecule has 0 fully saturated rings. The minimum Gasteiger partial charge on any atom is -0.481 e. The summed E-state index contributed by atoms with van der Waals surface area (Å²) in [7, 11) is -4.57. The fourth-order valence-electron chi connectivity index (χ4n) is 7.12. The van der Waals surface area contributed by atoms with E-state index < -0.39 is 38.4 Å². The number of hydrogen-bond donors (Lipinski definition) is 3. The van der Waals surface area contributed by atoms with E-state index in [1.54, 1.807) is 0 Å². The molecule has 1 amide bonds. The van der Waals surface area contributed by atoms with Gasteiger partial charge < -0.3 is 20.1 Å². The third-order valence-electron chi connectivity index (χ3n) is 10.7. The molecule has 0 saturated carbocycles. The molecule has 3 N–H and O–H groups in total. The highest BCUT2D eigenvalue weighted by Gasteiger charge is 2.26. The molecule has 0 spiro atoms. The van der Waals surface area contributed by atoms with Crippen LogP contribution < -0.4 is 5.32 Å². The van der Waals surface area contributed by atoms with Gasteiger partial charge in [0.15, 0.2) is 0 Å². The van der Waals surface area contributed by atoms with E-state index >= 15 is 0 Å². The Bertz CT molecular complexity index is 994. The van der Waals surface area contributed by atoms with Crippen LogP contribution in [0.5, 0.6) is 0 Å². The first-order valence-electron chi connectivity index (χ1n) is 23.9. The fraction of sp³-hybridized carbons (Fsp3) is 0.913. The number of rotatable bonds is 46. The molecule has 342 valence electrons. The second kappa shape index (κ2) is 41.9. The van der Waals surface area contributed by atoms with Gasteiger partial charge in [-0.1, -0.05) is 194 Å². The Morgan fingerprint density at radius 2 is 0.914 bits per heavy atom. The van der Waals surface area contributed by atoms with Crippen molar-refractivity contribution >= 4 is 31.5 Å². The summed E-state index contributed by atoms with van der Waals surface area (Å²) in [5.41, 5.74) is 0. The second-order valence-electron chi connectivity index (χ2n) is 16.4. The van der Waals surface area contributed by atoms with Gasteiger partial charge in [0.1, 0.15) is 11.9 Å². The molecular formula is C46H88NO10P. The van der Waals surface area contributed by atoms with Gasteiger partial charge in [-0.15, -0.1) is 0 Å². The number of phosphoric ester groups is 1. The Morgan fingerprint density at radius 1 is 0.517 bits per heavy atom. The molecule has 12 heteroatoms. The molecule has 11 nitrogen and oxygen atoms in total. The van der Waals surface area contributed by atoms with E-state index in [9.17, 15) is 28.6 Å². The molecule has 0 bridgehead atoms. The van der Waals surface area contributed by atoms with Crippen LogP contribution in [0.1, 0.15) is 245 Å². The quantitative estimate of drug-likeness (QED) is 0.0305. The number of carbonyl (C=O) groups is 4.